The van der Waals surface area contributed by atoms with E-state index >= 15 is 0 Å². The van der Waals surface area contributed by atoms with E-state index in [1.165, 1.54) is 30.5 Å². The van der Waals surface area contributed by atoms with Crippen molar-refractivity contribution in [2.24, 2.45) is 0 Å². The van der Waals surface area contributed by atoms with E-state index in [4.69, 9.17) is 0 Å². The summed E-state index contributed by atoms with van der Waals surface area (Å²) in [5.41, 5.74) is 3.72. The third kappa shape index (κ3) is 2.07. The van der Waals surface area contributed by atoms with Crippen molar-refractivity contribution in [1.82, 2.24) is 15.3 Å². The number of benzene rings is 1. The lowest BCUT2D eigenvalue weighted by molar-refractivity contribution is 0.462. The Labute approximate surface area is 102 Å². The van der Waals surface area contributed by atoms with E-state index in [-0.39, 0.29) is 0 Å². The monoisotopic (exact) mass is 229 g/mol. The summed E-state index contributed by atoms with van der Waals surface area (Å²) in [5.74, 6) is 1.75. The van der Waals surface area contributed by atoms with Crippen LogP contribution in [0.5, 0.6) is 0 Å². The fraction of sp³-hybridized carbons (Fsp3) is 0.500. The van der Waals surface area contributed by atoms with Gasteiger partial charge < -0.3 is 10.3 Å². The first-order chi connectivity index (χ1) is 8.36. The third-order valence-electron chi connectivity index (χ3n) is 3.66. The average molecular weight is 229 g/mol. The lowest BCUT2D eigenvalue weighted by atomic mass is 9.91. The number of hydrogen-bond acceptors (Lipinski definition) is 2. The Balaban J connectivity index is 1.94. The molecule has 0 amide bonds. The van der Waals surface area contributed by atoms with Crippen LogP contribution in [0, 0.1) is 0 Å². The number of hydrogen-bond donors (Lipinski definition) is 2. The van der Waals surface area contributed by atoms with Crippen molar-refractivity contribution in [2.45, 2.75) is 32.1 Å². The van der Waals surface area contributed by atoms with E-state index in [1.807, 2.05) is 0 Å². The largest absolute Gasteiger partial charge is 0.342 e. The number of piperidine rings is 1. The molecule has 2 heterocycles. The molecule has 90 valence electrons. The molecule has 1 aromatic carbocycles. The van der Waals surface area contributed by atoms with E-state index in [2.05, 4.69) is 40.4 Å². The van der Waals surface area contributed by atoms with Gasteiger partial charge in [-0.05, 0) is 43.0 Å². The first-order valence-corrected chi connectivity index (χ1v) is 6.56. The van der Waals surface area contributed by atoms with E-state index in [0.717, 1.165) is 24.3 Å². The van der Waals surface area contributed by atoms with Gasteiger partial charge in [0.1, 0.15) is 5.82 Å². The zero-order valence-corrected chi connectivity index (χ0v) is 10.3. The SMILES string of the molecule is CCc1nc2ccc(C3CCCNC3)cc2[nH]1. The Morgan fingerprint density at radius 2 is 2.35 bits per heavy atom. The van der Waals surface area contributed by atoms with E-state index < -0.39 is 0 Å². The minimum absolute atomic E-state index is 0.668. The van der Waals surface area contributed by atoms with Gasteiger partial charge in [-0.25, -0.2) is 4.98 Å². The van der Waals surface area contributed by atoms with Crippen molar-refractivity contribution in [2.75, 3.05) is 13.1 Å². The average Bonchev–Trinajstić information content (AvgIpc) is 2.81. The van der Waals surface area contributed by atoms with Gasteiger partial charge in [-0.2, -0.15) is 0 Å². The molecule has 17 heavy (non-hydrogen) atoms. The van der Waals surface area contributed by atoms with Crippen LogP contribution in [0.2, 0.25) is 0 Å². The molecule has 1 atom stereocenters. The van der Waals surface area contributed by atoms with Gasteiger partial charge in [-0.3, -0.25) is 0 Å². The minimum atomic E-state index is 0.668. The topological polar surface area (TPSA) is 40.7 Å². The van der Waals surface area contributed by atoms with Crippen molar-refractivity contribution in [1.29, 1.82) is 0 Å². The normalized spacial score (nSPS) is 20.9. The summed E-state index contributed by atoms with van der Waals surface area (Å²) in [6, 6.07) is 6.66. The smallest absolute Gasteiger partial charge is 0.106 e. The van der Waals surface area contributed by atoms with Gasteiger partial charge in [-0.1, -0.05) is 13.0 Å². The summed E-state index contributed by atoms with van der Waals surface area (Å²) in [6.07, 6.45) is 3.55. The first-order valence-electron chi connectivity index (χ1n) is 6.56. The molecule has 0 saturated carbocycles. The van der Waals surface area contributed by atoms with Gasteiger partial charge >= 0.3 is 0 Å². The standard InChI is InChI=1S/C14H19N3/c1-2-14-16-12-6-5-10(8-13(12)17-14)11-4-3-7-15-9-11/h5-6,8,11,15H,2-4,7,9H2,1H3,(H,16,17). The minimum Gasteiger partial charge on any atom is -0.342 e. The van der Waals surface area contributed by atoms with Gasteiger partial charge in [0.2, 0.25) is 0 Å². The summed E-state index contributed by atoms with van der Waals surface area (Å²) in [5, 5.41) is 3.47. The Kier molecular flexibility index (Phi) is 2.85. The summed E-state index contributed by atoms with van der Waals surface area (Å²) in [7, 11) is 0. The maximum absolute atomic E-state index is 4.55. The molecule has 0 bridgehead atoms. The second-order valence-corrected chi connectivity index (χ2v) is 4.86. The highest BCUT2D eigenvalue weighted by Gasteiger charge is 2.15. The number of nitrogens with one attached hydrogen (secondary N) is 2. The Bertz CT molecular complexity index is 509. The lowest BCUT2D eigenvalue weighted by Crippen LogP contribution is -2.28. The summed E-state index contributed by atoms with van der Waals surface area (Å²) in [4.78, 5) is 7.94. The van der Waals surface area contributed by atoms with Crippen molar-refractivity contribution in [3.63, 3.8) is 0 Å². The van der Waals surface area contributed by atoms with Crippen molar-refractivity contribution < 1.29 is 0 Å². The zero-order valence-electron chi connectivity index (χ0n) is 10.3. The number of rotatable bonds is 2. The number of H-pyrrole nitrogens is 1. The van der Waals surface area contributed by atoms with Crippen LogP contribution in [0.4, 0.5) is 0 Å². The zero-order chi connectivity index (χ0) is 11.7. The molecule has 2 N–H and O–H groups in total. The molecular formula is C14H19N3. The fourth-order valence-electron chi connectivity index (χ4n) is 2.64. The van der Waals surface area contributed by atoms with E-state index in [0.29, 0.717) is 5.92 Å². The molecule has 3 nitrogen and oxygen atoms in total. The summed E-state index contributed by atoms with van der Waals surface area (Å²) in [6.45, 7) is 4.41. The second kappa shape index (κ2) is 4.49. The van der Waals surface area contributed by atoms with Crippen molar-refractivity contribution in [3.05, 3.63) is 29.6 Å². The summed E-state index contributed by atoms with van der Waals surface area (Å²) >= 11 is 0. The molecule has 0 radical (unpaired) electrons. The predicted molar refractivity (Wildman–Crippen MR) is 70.3 cm³/mol. The maximum Gasteiger partial charge on any atom is 0.106 e. The van der Waals surface area contributed by atoms with E-state index in [1.54, 1.807) is 0 Å². The van der Waals surface area contributed by atoms with Crippen LogP contribution < -0.4 is 5.32 Å². The number of aryl methyl sites for hydroxylation is 1. The highest BCUT2D eigenvalue weighted by molar-refractivity contribution is 5.76. The van der Waals surface area contributed by atoms with E-state index in [9.17, 15) is 0 Å². The lowest BCUT2D eigenvalue weighted by Gasteiger charge is -2.22. The third-order valence-corrected chi connectivity index (χ3v) is 3.66. The Hall–Kier alpha value is -1.35. The highest BCUT2D eigenvalue weighted by atomic mass is 14.9. The Morgan fingerprint density at radius 1 is 1.41 bits per heavy atom. The highest BCUT2D eigenvalue weighted by Crippen LogP contribution is 2.25. The molecule has 1 aromatic heterocycles. The van der Waals surface area contributed by atoms with Gasteiger partial charge in [-0.15, -0.1) is 0 Å². The second-order valence-electron chi connectivity index (χ2n) is 4.86. The first kappa shape index (κ1) is 10.8. The quantitative estimate of drug-likeness (QED) is 0.831. The number of aromatic amines is 1. The number of nitrogens with zero attached hydrogens (tertiary/aromatic N) is 1. The molecule has 1 unspecified atom stereocenters. The molecule has 1 aliphatic heterocycles. The molecule has 1 fully saturated rings. The van der Waals surface area contributed by atoms with Crippen LogP contribution in [0.1, 0.15) is 37.1 Å². The van der Waals surface area contributed by atoms with Gasteiger partial charge in [0.25, 0.3) is 0 Å². The fourth-order valence-corrected chi connectivity index (χ4v) is 2.64. The van der Waals surface area contributed by atoms with Crippen LogP contribution in [0.3, 0.4) is 0 Å². The number of aromatic nitrogens is 2. The van der Waals surface area contributed by atoms with Crippen LogP contribution in [0.15, 0.2) is 18.2 Å². The van der Waals surface area contributed by atoms with Gasteiger partial charge in [0, 0.05) is 13.0 Å². The van der Waals surface area contributed by atoms with Crippen molar-refractivity contribution in [3.8, 4) is 0 Å². The van der Waals surface area contributed by atoms with Crippen molar-refractivity contribution >= 4 is 11.0 Å². The maximum atomic E-state index is 4.55. The molecule has 2 aromatic rings. The molecule has 0 spiro atoms. The molecule has 1 saturated heterocycles. The van der Waals surface area contributed by atoms with Crippen LogP contribution in [-0.4, -0.2) is 23.1 Å². The van der Waals surface area contributed by atoms with Gasteiger partial charge in [0.15, 0.2) is 0 Å². The summed E-state index contributed by atoms with van der Waals surface area (Å²) < 4.78 is 0. The molecule has 3 rings (SSSR count). The van der Waals surface area contributed by atoms with Crippen LogP contribution in [0.25, 0.3) is 11.0 Å². The van der Waals surface area contributed by atoms with Crippen LogP contribution in [-0.2, 0) is 6.42 Å². The molecule has 1 aliphatic rings. The number of fused-ring (bicyclic) bond motifs is 1. The van der Waals surface area contributed by atoms with Crippen LogP contribution >= 0.6 is 0 Å². The number of imidazole rings is 1. The van der Waals surface area contributed by atoms with Gasteiger partial charge in [0.05, 0.1) is 11.0 Å². The molecular weight excluding hydrogens is 210 g/mol. The Morgan fingerprint density at radius 3 is 3.12 bits per heavy atom. The predicted octanol–water partition coefficient (Wildman–Crippen LogP) is 2.59. The molecule has 3 heteroatoms. The molecule has 0 aliphatic carbocycles.